The number of aromatic nitrogens is 2. The first-order valence-corrected chi connectivity index (χ1v) is 14.0. The Bertz CT molecular complexity index is 1460. The molecule has 0 aliphatic carbocycles. The molecular weight excluding hydrogens is 506 g/mol. The standard InChI is InChI=1S/C27H31N5O5S/c1-27(2,3)21-15-19(18-6-5-7-22(33)17-18)14-20(16-21)26(35)32-12-10-31(11-13-32)24-9-8-23(28-29-24)25(34)30-38(4,36)37/h5-9,14-17,33H,10-13H2,1-4H3,(H,30,34). The first-order chi connectivity index (χ1) is 17.8. The number of nitrogens with one attached hydrogen (secondary N) is 1. The Labute approximate surface area is 222 Å². The van der Waals surface area contributed by atoms with Gasteiger partial charge < -0.3 is 14.9 Å². The number of sulfonamides is 1. The number of benzene rings is 2. The van der Waals surface area contributed by atoms with Gasteiger partial charge in [-0.2, -0.15) is 0 Å². The van der Waals surface area contributed by atoms with Gasteiger partial charge in [-0.25, -0.2) is 13.1 Å². The van der Waals surface area contributed by atoms with E-state index in [1.54, 1.807) is 29.2 Å². The van der Waals surface area contributed by atoms with Crippen LogP contribution >= 0.6 is 0 Å². The Hall–Kier alpha value is -3.99. The number of carbonyl (C=O) groups excluding carboxylic acids is 2. The molecule has 2 heterocycles. The average molecular weight is 538 g/mol. The second kappa shape index (κ2) is 10.4. The SMILES string of the molecule is CC(C)(C)c1cc(C(=O)N2CCN(c3ccc(C(=O)NS(C)(=O)=O)nn3)CC2)cc(-c2cccc(O)c2)c1. The third-order valence-electron chi connectivity index (χ3n) is 6.28. The maximum Gasteiger partial charge on any atom is 0.285 e. The van der Waals surface area contributed by atoms with E-state index in [-0.39, 0.29) is 22.8 Å². The van der Waals surface area contributed by atoms with Gasteiger partial charge in [-0.05, 0) is 58.5 Å². The molecule has 1 saturated heterocycles. The van der Waals surface area contributed by atoms with Crippen LogP contribution < -0.4 is 9.62 Å². The molecule has 2 N–H and O–H groups in total. The zero-order valence-corrected chi connectivity index (χ0v) is 22.6. The summed E-state index contributed by atoms with van der Waals surface area (Å²) >= 11 is 0. The summed E-state index contributed by atoms with van der Waals surface area (Å²) in [6, 6.07) is 15.9. The minimum atomic E-state index is -3.70. The van der Waals surface area contributed by atoms with E-state index in [2.05, 4.69) is 37.0 Å². The number of carbonyl (C=O) groups is 2. The molecule has 38 heavy (non-hydrogen) atoms. The largest absolute Gasteiger partial charge is 0.508 e. The third kappa shape index (κ3) is 6.46. The first-order valence-electron chi connectivity index (χ1n) is 12.2. The van der Waals surface area contributed by atoms with Crippen LogP contribution in [0.3, 0.4) is 0 Å². The lowest BCUT2D eigenvalue weighted by atomic mass is 9.84. The van der Waals surface area contributed by atoms with Gasteiger partial charge in [-0.3, -0.25) is 9.59 Å². The van der Waals surface area contributed by atoms with Crippen LogP contribution in [0, 0.1) is 0 Å². The molecule has 0 radical (unpaired) electrons. The topological polar surface area (TPSA) is 133 Å². The van der Waals surface area contributed by atoms with Gasteiger partial charge in [0.05, 0.1) is 6.26 Å². The van der Waals surface area contributed by atoms with E-state index < -0.39 is 15.9 Å². The molecule has 2 amide bonds. The molecule has 1 aliphatic heterocycles. The third-order valence-corrected chi connectivity index (χ3v) is 6.83. The fourth-order valence-corrected chi connectivity index (χ4v) is 4.63. The van der Waals surface area contributed by atoms with Crippen LogP contribution in [0.2, 0.25) is 0 Å². The van der Waals surface area contributed by atoms with Crippen molar-refractivity contribution in [3.8, 4) is 16.9 Å². The summed E-state index contributed by atoms with van der Waals surface area (Å²) in [4.78, 5) is 29.3. The van der Waals surface area contributed by atoms with Crippen molar-refractivity contribution in [2.24, 2.45) is 0 Å². The van der Waals surface area contributed by atoms with E-state index in [0.717, 1.165) is 22.9 Å². The molecule has 200 valence electrons. The number of aromatic hydroxyl groups is 1. The van der Waals surface area contributed by atoms with Crippen LogP contribution in [0.25, 0.3) is 11.1 Å². The molecule has 0 bridgehead atoms. The van der Waals surface area contributed by atoms with Crippen molar-refractivity contribution in [2.45, 2.75) is 26.2 Å². The predicted molar refractivity (Wildman–Crippen MR) is 145 cm³/mol. The molecule has 2 aromatic carbocycles. The lowest BCUT2D eigenvalue weighted by molar-refractivity contribution is 0.0746. The first kappa shape index (κ1) is 27.1. The number of phenols is 1. The van der Waals surface area contributed by atoms with Gasteiger partial charge in [0.2, 0.25) is 10.0 Å². The lowest BCUT2D eigenvalue weighted by Gasteiger charge is -2.35. The van der Waals surface area contributed by atoms with Crippen LogP contribution in [-0.2, 0) is 15.4 Å². The zero-order chi connectivity index (χ0) is 27.7. The number of hydrogen-bond acceptors (Lipinski definition) is 8. The number of amides is 2. The summed E-state index contributed by atoms with van der Waals surface area (Å²) in [7, 11) is -3.70. The zero-order valence-electron chi connectivity index (χ0n) is 21.8. The monoisotopic (exact) mass is 537 g/mol. The molecule has 0 saturated carbocycles. The molecule has 0 spiro atoms. The lowest BCUT2D eigenvalue weighted by Crippen LogP contribution is -2.49. The number of rotatable bonds is 5. The highest BCUT2D eigenvalue weighted by Gasteiger charge is 2.25. The molecule has 10 nitrogen and oxygen atoms in total. The molecule has 0 atom stereocenters. The normalized spacial score (nSPS) is 14.3. The van der Waals surface area contributed by atoms with Gasteiger partial charge in [-0.1, -0.05) is 39.0 Å². The van der Waals surface area contributed by atoms with Crippen LogP contribution in [0.15, 0.2) is 54.6 Å². The quantitative estimate of drug-likeness (QED) is 0.508. The maximum atomic E-state index is 13.5. The molecule has 1 aliphatic rings. The van der Waals surface area contributed by atoms with E-state index >= 15 is 0 Å². The second-order valence-corrected chi connectivity index (χ2v) is 12.1. The van der Waals surface area contributed by atoms with Gasteiger partial charge in [0.25, 0.3) is 11.8 Å². The van der Waals surface area contributed by atoms with Crippen LogP contribution in [0.4, 0.5) is 5.82 Å². The minimum absolute atomic E-state index is 0.0731. The van der Waals surface area contributed by atoms with Gasteiger partial charge in [0, 0.05) is 31.7 Å². The van der Waals surface area contributed by atoms with Crippen LogP contribution in [-0.4, -0.2) is 72.9 Å². The predicted octanol–water partition coefficient (Wildman–Crippen LogP) is 2.80. The van der Waals surface area contributed by atoms with Crippen molar-refractivity contribution < 1.29 is 23.1 Å². The van der Waals surface area contributed by atoms with Gasteiger partial charge in [-0.15, -0.1) is 10.2 Å². The molecule has 0 unspecified atom stereocenters. The summed E-state index contributed by atoms with van der Waals surface area (Å²) in [6.07, 6.45) is 0.889. The highest BCUT2D eigenvalue weighted by Crippen LogP contribution is 2.31. The van der Waals surface area contributed by atoms with Gasteiger partial charge in [0.1, 0.15) is 5.75 Å². The Morgan fingerprint density at radius 3 is 2.21 bits per heavy atom. The number of anilines is 1. The van der Waals surface area contributed by atoms with E-state index in [0.29, 0.717) is 37.6 Å². The summed E-state index contributed by atoms with van der Waals surface area (Å²) < 4.78 is 24.4. The Morgan fingerprint density at radius 2 is 1.63 bits per heavy atom. The molecular formula is C27H31N5O5S. The fourth-order valence-electron chi connectivity index (χ4n) is 4.19. The van der Waals surface area contributed by atoms with E-state index in [9.17, 15) is 23.1 Å². The Balaban J connectivity index is 1.48. The average Bonchev–Trinajstić information content (AvgIpc) is 2.87. The number of nitrogens with zero attached hydrogens (tertiary/aromatic N) is 4. The van der Waals surface area contributed by atoms with Crippen molar-refractivity contribution in [1.29, 1.82) is 0 Å². The van der Waals surface area contributed by atoms with E-state index in [1.165, 1.54) is 6.07 Å². The summed E-state index contributed by atoms with van der Waals surface area (Å²) in [5.41, 5.74) is 3.03. The second-order valence-electron chi connectivity index (χ2n) is 10.4. The highest BCUT2D eigenvalue weighted by atomic mass is 32.2. The highest BCUT2D eigenvalue weighted by molar-refractivity contribution is 7.89. The van der Waals surface area contributed by atoms with Crippen molar-refractivity contribution in [1.82, 2.24) is 19.8 Å². The molecule has 1 aromatic heterocycles. The van der Waals surface area contributed by atoms with Crippen molar-refractivity contribution in [3.63, 3.8) is 0 Å². The van der Waals surface area contributed by atoms with Crippen molar-refractivity contribution in [3.05, 3.63) is 71.4 Å². The number of hydrogen-bond donors (Lipinski definition) is 2. The van der Waals surface area contributed by atoms with Gasteiger partial charge >= 0.3 is 0 Å². The number of piperazine rings is 1. The summed E-state index contributed by atoms with van der Waals surface area (Å²) in [5.74, 6) is -0.214. The molecule has 1 fully saturated rings. The smallest absolute Gasteiger partial charge is 0.285 e. The van der Waals surface area contributed by atoms with E-state index in [4.69, 9.17) is 0 Å². The Kier molecular flexibility index (Phi) is 7.41. The maximum absolute atomic E-state index is 13.5. The van der Waals surface area contributed by atoms with Crippen molar-refractivity contribution in [2.75, 3.05) is 37.3 Å². The van der Waals surface area contributed by atoms with Crippen LogP contribution in [0.5, 0.6) is 5.75 Å². The summed E-state index contributed by atoms with van der Waals surface area (Å²) in [6.45, 7) is 8.27. The fraction of sp³-hybridized carbons (Fsp3) is 0.333. The molecule has 11 heteroatoms. The molecule has 4 rings (SSSR count). The van der Waals surface area contributed by atoms with Crippen molar-refractivity contribution >= 4 is 27.7 Å². The Morgan fingerprint density at radius 1 is 0.921 bits per heavy atom. The van der Waals surface area contributed by atoms with Crippen LogP contribution in [0.1, 0.15) is 47.2 Å². The minimum Gasteiger partial charge on any atom is -0.508 e. The van der Waals surface area contributed by atoms with E-state index in [1.807, 2.05) is 27.8 Å². The molecule has 3 aromatic rings. The number of phenolic OH excluding ortho intramolecular Hbond substituents is 1. The van der Waals surface area contributed by atoms with Gasteiger partial charge in [0.15, 0.2) is 11.5 Å². The summed E-state index contributed by atoms with van der Waals surface area (Å²) in [5, 5.41) is 17.9.